The molecule has 0 saturated heterocycles. The molecule has 0 spiro atoms. The van der Waals surface area contributed by atoms with Gasteiger partial charge in [-0.1, -0.05) is 146 Å². The molecule has 0 saturated carbocycles. The van der Waals surface area contributed by atoms with Crippen molar-refractivity contribution in [2.24, 2.45) is 0 Å². The molecule has 0 atom stereocenters. The van der Waals surface area contributed by atoms with Crippen molar-refractivity contribution in [1.29, 1.82) is 0 Å². The van der Waals surface area contributed by atoms with Crippen LogP contribution in [0.5, 0.6) is 23.0 Å². The monoisotopic (exact) mass is 1190 g/mol. The second-order valence-electron chi connectivity index (χ2n) is 19.5. The van der Waals surface area contributed by atoms with Crippen molar-refractivity contribution >= 4 is 70.5 Å². The van der Waals surface area contributed by atoms with Crippen LogP contribution in [0.25, 0.3) is 0 Å². The maximum Gasteiger partial charge on any atom is 0.337 e. The van der Waals surface area contributed by atoms with Crippen LogP contribution in [0.3, 0.4) is 0 Å². The molecule has 8 aromatic carbocycles. The topological polar surface area (TPSA) is 318 Å². The number of fused-ring (bicyclic) bond motifs is 8. The molecular formula is C64H60N12O12. The third-order valence-corrected chi connectivity index (χ3v) is 13.0. The molecule has 12 N–H and O–H groups in total. The van der Waals surface area contributed by atoms with Gasteiger partial charge in [-0.05, 0) is 93.0 Å². The van der Waals surface area contributed by atoms with E-state index in [1.54, 1.807) is 194 Å². The lowest BCUT2D eigenvalue weighted by atomic mass is 9.91. The lowest BCUT2D eigenvalue weighted by molar-refractivity contribution is -0.124. The van der Waals surface area contributed by atoms with Crippen LogP contribution in [0.15, 0.2) is 194 Å². The number of rotatable bonds is 16. The molecule has 1 aliphatic carbocycles. The third-order valence-electron chi connectivity index (χ3n) is 13.0. The van der Waals surface area contributed by atoms with E-state index in [1.165, 1.54) is 0 Å². The summed E-state index contributed by atoms with van der Waals surface area (Å²) >= 11 is 0. The summed E-state index contributed by atoms with van der Waals surface area (Å²) in [6, 6.07) is 53.3. The van der Waals surface area contributed by atoms with Gasteiger partial charge in [-0.3, -0.25) is 40.9 Å². The SMILES string of the molecule is O=C(COc1c2cccc1Cc1cccc(c1OCC(=O)NNC(=O)Nc1ccccc1)Cc1cccc(c1OCC(=O)NNC(=O)Nc1ccccc1)Cc1cccc(c1OCC(=O)NNC(=O)Nc1ccccc1)C2)NNC(=O)Nc1ccccc1. The summed E-state index contributed by atoms with van der Waals surface area (Å²) in [6.07, 6.45) is 0.309. The molecular weight excluding hydrogens is 1130 g/mol. The largest absolute Gasteiger partial charge is 0.483 e. The van der Waals surface area contributed by atoms with Crippen LogP contribution in [-0.4, -0.2) is 74.2 Å². The van der Waals surface area contributed by atoms with E-state index < -0.39 is 74.2 Å². The van der Waals surface area contributed by atoms with Crippen molar-refractivity contribution in [3.63, 3.8) is 0 Å². The minimum absolute atomic E-state index is 0.0773. The van der Waals surface area contributed by atoms with Crippen molar-refractivity contribution in [2.75, 3.05) is 47.7 Å². The summed E-state index contributed by atoms with van der Waals surface area (Å²) in [6.45, 7) is -2.31. The predicted octanol–water partition coefficient (Wildman–Crippen LogP) is 7.29. The first-order chi connectivity index (χ1) is 42.9. The zero-order valence-electron chi connectivity index (χ0n) is 47.0. The molecule has 9 rings (SSSR count). The van der Waals surface area contributed by atoms with Crippen molar-refractivity contribution in [2.45, 2.75) is 25.7 Å². The van der Waals surface area contributed by atoms with E-state index in [-0.39, 0.29) is 48.7 Å². The Morgan fingerprint density at radius 2 is 0.420 bits per heavy atom. The van der Waals surface area contributed by atoms with Crippen LogP contribution < -0.4 is 83.6 Å². The van der Waals surface area contributed by atoms with Gasteiger partial charge in [0.25, 0.3) is 23.6 Å². The molecule has 24 nitrogen and oxygen atoms in total. The lowest BCUT2D eigenvalue weighted by Crippen LogP contribution is -2.45. The quantitative estimate of drug-likeness (QED) is 0.0425. The highest BCUT2D eigenvalue weighted by molar-refractivity contribution is 5.93. The molecule has 24 heteroatoms. The van der Waals surface area contributed by atoms with Crippen LogP contribution in [-0.2, 0) is 44.9 Å². The van der Waals surface area contributed by atoms with Crippen molar-refractivity contribution in [1.82, 2.24) is 43.4 Å². The molecule has 12 amide bonds. The summed E-state index contributed by atoms with van der Waals surface area (Å²) in [5.74, 6) is -1.74. The van der Waals surface area contributed by atoms with Crippen LogP contribution in [0.4, 0.5) is 41.9 Å². The molecule has 1 aliphatic rings. The molecule has 0 unspecified atom stereocenters. The summed E-state index contributed by atoms with van der Waals surface area (Å²) < 4.78 is 25.7. The number of hydrogen-bond donors (Lipinski definition) is 12. The van der Waals surface area contributed by atoms with Gasteiger partial charge in [-0.15, -0.1) is 0 Å². The van der Waals surface area contributed by atoms with Gasteiger partial charge in [0.15, 0.2) is 26.4 Å². The molecule has 8 bridgehead atoms. The standard InChI is InChI=1S/C64H60N12O12/c77-53(69-73-61(81)65-49-25-5-1-6-26-49)37-85-57-41-17-13-18-42(57)34-44-20-15-22-46(59(44)87-39-55(79)71-75-63(83)67-51-29-9-3-10-30-51)36-48-24-16-23-47(60(48)88-40-56(80)72-76-64(84)68-52-31-11-4-12-32-52)35-45-21-14-19-43(33-41)58(45)86-38-54(78)70-74-62(82)66-50-27-7-2-8-28-50/h1-32H,33-40H2,(H,69,77)(H,70,78)(H,71,79)(H,72,80)(H2,65,73,81)(H2,66,74,82)(H2,67,75,83)(H2,68,76,84). The normalized spacial score (nSPS) is 11.1. The number of anilines is 4. The van der Waals surface area contributed by atoms with E-state index in [9.17, 15) is 38.4 Å². The first-order valence-electron chi connectivity index (χ1n) is 27.5. The van der Waals surface area contributed by atoms with E-state index in [2.05, 4.69) is 64.7 Å². The first kappa shape index (κ1) is 60.5. The van der Waals surface area contributed by atoms with Crippen LogP contribution in [0, 0.1) is 0 Å². The Labute approximate surface area is 504 Å². The lowest BCUT2D eigenvalue weighted by Gasteiger charge is -2.22. The fourth-order valence-electron chi connectivity index (χ4n) is 9.16. The Hall–Kier alpha value is -12.1. The van der Waals surface area contributed by atoms with Gasteiger partial charge in [-0.25, -0.2) is 40.9 Å². The van der Waals surface area contributed by atoms with Crippen molar-refractivity contribution in [3.8, 4) is 23.0 Å². The van der Waals surface area contributed by atoms with Crippen molar-refractivity contribution in [3.05, 3.63) is 239 Å². The van der Waals surface area contributed by atoms with Crippen LogP contribution >= 0.6 is 0 Å². The Kier molecular flexibility index (Phi) is 20.9. The molecule has 88 heavy (non-hydrogen) atoms. The first-order valence-corrected chi connectivity index (χ1v) is 27.5. The van der Waals surface area contributed by atoms with E-state index in [1.807, 2.05) is 0 Å². The number of benzene rings is 8. The molecule has 8 aromatic rings. The smallest absolute Gasteiger partial charge is 0.337 e. The Balaban J connectivity index is 1.05. The summed E-state index contributed by atoms with van der Waals surface area (Å²) in [5, 5.41) is 10.5. The number of nitrogens with one attached hydrogen (secondary N) is 12. The summed E-state index contributed by atoms with van der Waals surface area (Å²) in [7, 11) is 0. The average molecular weight is 1190 g/mol. The minimum atomic E-state index is -0.709. The number of hydrazine groups is 4. The Bertz CT molecular complexity index is 3220. The zero-order chi connectivity index (χ0) is 61.5. The van der Waals surface area contributed by atoms with Gasteiger partial charge in [0.05, 0.1) is 0 Å². The molecule has 0 aromatic heterocycles. The molecule has 0 heterocycles. The number of urea groups is 4. The van der Waals surface area contributed by atoms with Crippen LogP contribution in [0.1, 0.15) is 44.5 Å². The van der Waals surface area contributed by atoms with Gasteiger partial charge < -0.3 is 40.2 Å². The highest BCUT2D eigenvalue weighted by Crippen LogP contribution is 2.39. The molecule has 0 radical (unpaired) electrons. The average Bonchev–Trinajstić information content (AvgIpc) is 2.14. The number of carbonyl (C=O) groups is 8. The third kappa shape index (κ3) is 18.0. The van der Waals surface area contributed by atoms with Gasteiger partial charge in [0.2, 0.25) is 0 Å². The van der Waals surface area contributed by atoms with Crippen molar-refractivity contribution < 1.29 is 57.3 Å². The maximum absolute atomic E-state index is 13.5. The Morgan fingerprint density at radius 3 is 0.602 bits per heavy atom. The minimum Gasteiger partial charge on any atom is -0.483 e. The molecule has 0 fully saturated rings. The number of para-hydroxylation sites is 8. The zero-order valence-corrected chi connectivity index (χ0v) is 47.0. The summed E-state index contributed by atoms with van der Waals surface area (Å²) in [5.41, 5.74) is 25.2. The molecule has 448 valence electrons. The fourth-order valence-corrected chi connectivity index (χ4v) is 9.16. The number of ether oxygens (including phenoxy) is 4. The maximum atomic E-state index is 13.5. The predicted molar refractivity (Wildman–Crippen MR) is 326 cm³/mol. The van der Waals surface area contributed by atoms with Gasteiger partial charge in [0, 0.05) is 48.4 Å². The number of hydrogen-bond acceptors (Lipinski definition) is 12. The number of carbonyl (C=O) groups excluding carboxylic acids is 8. The fraction of sp³-hybridized carbons (Fsp3) is 0.125. The highest BCUT2D eigenvalue weighted by Gasteiger charge is 2.24. The molecule has 0 aliphatic heterocycles. The second-order valence-corrected chi connectivity index (χ2v) is 19.5. The van der Waals surface area contributed by atoms with E-state index in [0.29, 0.717) is 67.3 Å². The van der Waals surface area contributed by atoms with Gasteiger partial charge >= 0.3 is 24.1 Å². The second kappa shape index (κ2) is 30.5. The number of amides is 12. The van der Waals surface area contributed by atoms with Gasteiger partial charge in [0.1, 0.15) is 23.0 Å². The summed E-state index contributed by atoms with van der Waals surface area (Å²) in [4.78, 5) is 105. The van der Waals surface area contributed by atoms with Gasteiger partial charge in [-0.2, -0.15) is 0 Å². The van der Waals surface area contributed by atoms with E-state index in [4.69, 9.17) is 18.9 Å². The Morgan fingerprint density at radius 1 is 0.239 bits per heavy atom. The van der Waals surface area contributed by atoms with E-state index >= 15 is 0 Å². The van der Waals surface area contributed by atoms with Crippen LogP contribution in [0.2, 0.25) is 0 Å². The van der Waals surface area contributed by atoms with E-state index in [0.717, 1.165) is 0 Å². The highest BCUT2D eigenvalue weighted by atomic mass is 16.5.